The minimum absolute atomic E-state index is 0.246. The summed E-state index contributed by atoms with van der Waals surface area (Å²) in [5.74, 6) is 0.894. The van der Waals surface area contributed by atoms with Gasteiger partial charge < -0.3 is 9.47 Å². The van der Waals surface area contributed by atoms with Crippen LogP contribution in [0, 0.1) is 0 Å². The summed E-state index contributed by atoms with van der Waals surface area (Å²) in [6, 6.07) is 7.88. The Balaban J connectivity index is 1.90. The molecular weight excluding hydrogens is 268 g/mol. The normalized spacial score (nSPS) is 19.6. The minimum atomic E-state index is 0.246. The van der Waals surface area contributed by atoms with Crippen LogP contribution in [0.3, 0.4) is 0 Å². The van der Waals surface area contributed by atoms with E-state index in [1.165, 1.54) is 5.57 Å². The zero-order valence-electron chi connectivity index (χ0n) is 9.28. The second kappa shape index (κ2) is 5.51. The van der Waals surface area contributed by atoms with Gasteiger partial charge in [-0.15, -0.1) is 0 Å². The molecule has 86 valence electrons. The van der Waals surface area contributed by atoms with Gasteiger partial charge in [-0.3, -0.25) is 0 Å². The molecule has 0 fully saturated rings. The molecule has 1 aliphatic heterocycles. The Hall–Kier alpha value is -0.800. The van der Waals surface area contributed by atoms with Gasteiger partial charge in [0, 0.05) is 4.47 Å². The van der Waals surface area contributed by atoms with E-state index in [9.17, 15) is 0 Å². The number of hydrogen-bond acceptors (Lipinski definition) is 2. The van der Waals surface area contributed by atoms with E-state index in [0.29, 0.717) is 6.61 Å². The zero-order chi connectivity index (χ0) is 11.4. The van der Waals surface area contributed by atoms with Crippen LogP contribution in [0.4, 0.5) is 0 Å². The quantitative estimate of drug-likeness (QED) is 0.787. The van der Waals surface area contributed by atoms with Gasteiger partial charge in [-0.05, 0) is 36.3 Å². The van der Waals surface area contributed by atoms with Crippen molar-refractivity contribution in [3.8, 4) is 5.75 Å². The summed E-state index contributed by atoms with van der Waals surface area (Å²) in [6.07, 6.45) is 3.37. The minimum Gasteiger partial charge on any atom is -0.489 e. The number of rotatable bonds is 4. The standard InChI is InChI=1S/C13H15BrO2/c1-2-13-10(7-8-15-13)9-16-12-5-3-11(14)4-6-12/h3-7,13H,2,8-9H2,1H3. The van der Waals surface area contributed by atoms with Crippen molar-refractivity contribution < 1.29 is 9.47 Å². The van der Waals surface area contributed by atoms with E-state index in [-0.39, 0.29) is 6.10 Å². The molecular formula is C13H15BrO2. The highest BCUT2D eigenvalue weighted by Crippen LogP contribution is 2.20. The Kier molecular flexibility index (Phi) is 4.02. The van der Waals surface area contributed by atoms with E-state index >= 15 is 0 Å². The molecule has 1 heterocycles. The topological polar surface area (TPSA) is 18.5 Å². The fourth-order valence-corrected chi connectivity index (χ4v) is 2.00. The Bertz CT molecular complexity index is 370. The Morgan fingerprint density at radius 2 is 2.12 bits per heavy atom. The maximum absolute atomic E-state index is 5.71. The molecule has 0 saturated carbocycles. The number of halogens is 1. The average Bonchev–Trinajstić information content (AvgIpc) is 2.76. The fourth-order valence-electron chi connectivity index (χ4n) is 1.74. The van der Waals surface area contributed by atoms with Gasteiger partial charge in [0.2, 0.25) is 0 Å². The first-order chi connectivity index (χ1) is 7.79. The van der Waals surface area contributed by atoms with E-state index < -0.39 is 0 Å². The molecule has 1 atom stereocenters. The van der Waals surface area contributed by atoms with Gasteiger partial charge in [0.25, 0.3) is 0 Å². The van der Waals surface area contributed by atoms with Crippen molar-refractivity contribution in [1.29, 1.82) is 0 Å². The predicted octanol–water partition coefficient (Wildman–Crippen LogP) is 3.56. The third-order valence-electron chi connectivity index (χ3n) is 2.65. The van der Waals surface area contributed by atoms with Crippen LogP contribution in [0.15, 0.2) is 40.4 Å². The maximum Gasteiger partial charge on any atom is 0.119 e. The van der Waals surface area contributed by atoms with Crippen molar-refractivity contribution in [1.82, 2.24) is 0 Å². The molecule has 0 aromatic heterocycles. The molecule has 1 unspecified atom stereocenters. The first kappa shape index (κ1) is 11.7. The lowest BCUT2D eigenvalue weighted by atomic mass is 10.1. The molecule has 2 rings (SSSR count). The molecule has 16 heavy (non-hydrogen) atoms. The molecule has 1 aliphatic rings. The van der Waals surface area contributed by atoms with Gasteiger partial charge in [0.05, 0.1) is 12.7 Å². The van der Waals surface area contributed by atoms with Crippen LogP contribution in [-0.4, -0.2) is 19.3 Å². The molecule has 0 bridgehead atoms. The van der Waals surface area contributed by atoms with Crippen molar-refractivity contribution in [2.75, 3.05) is 13.2 Å². The first-order valence-corrected chi connectivity index (χ1v) is 6.28. The van der Waals surface area contributed by atoms with Crippen molar-refractivity contribution in [2.45, 2.75) is 19.4 Å². The monoisotopic (exact) mass is 282 g/mol. The molecule has 1 aromatic carbocycles. The molecule has 0 N–H and O–H groups in total. The van der Waals surface area contributed by atoms with E-state index in [2.05, 4.69) is 28.9 Å². The summed E-state index contributed by atoms with van der Waals surface area (Å²) in [5.41, 5.74) is 1.26. The van der Waals surface area contributed by atoms with Gasteiger partial charge >= 0.3 is 0 Å². The van der Waals surface area contributed by atoms with E-state index in [1.807, 2.05) is 24.3 Å². The van der Waals surface area contributed by atoms with E-state index in [0.717, 1.165) is 23.2 Å². The summed E-state index contributed by atoms with van der Waals surface area (Å²) < 4.78 is 12.3. The SMILES string of the molecule is CCC1OCC=C1COc1ccc(Br)cc1. The average molecular weight is 283 g/mol. The smallest absolute Gasteiger partial charge is 0.119 e. The van der Waals surface area contributed by atoms with Gasteiger partial charge in [-0.25, -0.2) is 0 Å². The fraction of sp³-hybridized carbons (Fsp3) is 0.385. The lowest BCUT2D eigenvalue weighted by molar-refractivity contribution is 0.113. The third kappa shape index (κ3) is 2.86. The van der Waals surface area contributed by atoms with Crippen LogP contribution in [0.2, 0.25) is 0 Å². The highest BCUT2D eigenvalue weighted by molar-refractivity contribution is 9.10. The second-order valence-corrected chi connectivity index (χ2v) is 4.67. The van der Waals surface area contributed by atoms with Crippen molar-refractivity contribution in [3.05, 3.63) is 40.4 Å². The molecule has 0 amide bonds. The number of ether oxygens (including phenoxy) is 2. The highest BCUT2D eigenvalue weighted by atomic mass is 79.9. The van der Waals surface area contributed by atoms with E-state index in [4.69, 9.17) is 9.47 Å². The first-order valence-electron chi connectivity index (χ1n) is 5.48. The van der Waals surface area contributed by atoms with Crippen LogP contribution >= 0.6 is 15.9 Å². The molecule has 0 aliphatic carbocycles. The van der Waals surface area contributed by atoms with E-state index in [1.54, 1.807) is 0 Å². The molecule has 0 saturated heterocycles. The van der Waals surface area contributed by atoms with Crippen LogP contribution in [0.25, 0.3) is 0 Å². The number of benzene rings is 1. The Morgan fingerprint density at radius 3 is 2.81 bits per heavy atom. The molecule has 1 aromatic rings. The van der Waals surface area contributed by atoms with Crippen LogP contribution in [0.1, 0.15) is 13.3 Å². The van der Waals surface area contributed by atoms with Gasteiger partial charge in [0.15, 0.2) is 0 Å². The molecule has 3 heteroatoms. The largest absolute Gasteiger partial charge is 0.489 e. The third-order valence-corrected chi connectivity index (χ3v) is 3.18. The summed E-state index contributed by atoms with van der Waals surface area (Å²) >= 11 is 3.40. The molecule has 0 radical (unpaired) electrons. The Labute approximate surface area is 104 Å². The van der Waals surface area contributed by atoms with Gasteiger partial charge in [0.1, 0.15) is 12.4 Å². The van der Waals surface area contributed by atoms with Crippen molar-refractivity contribution in [3.63, 3.8) is 0 Å². The lowest BCUT2D eigenvalue weighted by Crippen LogP contribution is -2.14. The number of hydrogen-bond donors (Lipinski definition) is 0. The summed E-state index contributed by atoms with van der Waals surface area (Å²) in [4.78, 5) is 0. The van der Waals surface area contributed by atoms with Gasteiger partial charge in [-0.1, -0.05) is 28.9 Å². The second-order valence-electron chi connectivity index (χ2n) is 3.75. The Morgan fingerprint density at radius 1 is 1.38 bits per heavy atom. The summed E-state index contributed by atoms with van der Waals surface area (Å²) in [5, 5.41) is 0. The summed E-state index contributed by atoms with van der Waals surface area (Å²) in [7, 11) is 0. The van der Waals surface area contributed by atoms with Crippen LogP contribution in [0.5, 0.6) is 5.75 Å². The zero-order valence-corrected chi connectivity index (χ0v) is 10.9. The maximum atomic E-state index is 5.71. The summed E-state index contributed by atoms with van der Waals surface area (Å²) in [6.45, 7) is 3.47. The molecule has 2 nitrogen and oxygen atoms in total. The highest BCUT2D eigenvalue weighted by Gasteiger charge is 2.18. The lowest BCUT2D eigenvalue weighted by Gasteiger charge is -2.13. The van der Waals surface area contributed by atoms with Gasteiger partial charge in [-0.2, -0.15) is 0 Å². The van der Waals surface area contributed by atoms with Crippen LogP contribution in [-0.2, 0) is 4.74 Å². The van der Waals surface area contributed by atoms with Crippen molar-refractivity contribution >= 4 is 15.9 Å². The predicted molar refractivity (Wildman–Crippen MR) is 67.8 cm³/mol. The molecule has 0 spiro atoms. The van der Waals surface area contributed by atoms with Crippen molar-refractivity contribution in [2.24, 2.45) is 0 Å². The van der Waals surface area contributed by atoms with Crippen LogP contribution < -0.4 is 4.74 Å².